The summed E-state index contributed by atoms with van der Waals surface area (Å²) in [5, 5.41) is 5.29. The van der Waals surface area contributed by atoms with Crippen LogP contribution in [-0.2, 0) is 23.8 Å². The van der Waals surface area contributed by atoms with E-state index in [1.54, 1.807) is 53.9 Å². The monoisotopic (exact) mass is 790 g/mol. The minimum absolute atomic E-state index is 0.146. The zero-order valence-electron chi connectivity index (χ0n) is 32.1. The van der Waals surface area contributed by atoms with E-state index in [4.69, 9.17) is 9.47 Å². The van der Waals surface area contributed by atoms with E-state index in [2.05, 4.69) is 35.3 Å². The first-order valence-corrected chi connectivity index (χ1v) is 19.6. The number of ether oxygens (including phenoxy) is 3. The smallest absolute Gasteiger partial charge is 0.407 e. The fraction of sp³-hybridized carbons (Fsp3) is 0.436. The topological polar surface area (TPSA) is 184 Å². The van der Waals surface area contributed by atoms with E-state index in [0.29, 0.717) is 53.5 Å². The molecule has 1 unspecified atom stereocenters. The van der Waals surface area contributed by atoms with Crippen molar-refractivity contribution >= 4 is 35.8 Å². The Labute approximate surface area is 328 Å². The van der Waals surface area contributed by atoms with Crippen LogP contribution in [0.1, 0.15) is 56.8 Å². The molecule has 2 fully saturated rings. The van der Waals surface area contributed by atoms with Crippen molar-refractivity contribution < 1.29 is 37.8 Å². The molecule has 2 aliphatic heterocycles. The molecule has 4 aromatic rings. The van der Waals surface area contributed by atoms with E-state index in [9.17, 15) is 19.2 Å². The van der Waals surface area contributed by atoms with Gasteiger partial charge in [-0.1, -0.05) is 36.4 Å². The quantitative estimate of drug-likeness (QED) is 0.144. The van der Waals surface area contributed by atoms with Crippen molar-refractivity contribution in [3.8, 4) is 33.6 Å². The number of methoxy groups -OCH3 is 3. The number of benzene rings is 2. The molecule has 0 radical (unpaired) electrons. The third-order valence-electron chi connectivity index (χ3n) is 10.5. The first-order chi connectivity index (χ1) is 27.0. The van der Waals surface area contributed by atoms with Crippen LogP contribution in [0.5, 0.6) is 0 Å². The summed E-state index contributed by atoms with van der Waals surface area (Å²) in [6, 6.07) is 10.1. The molecule has 4 heterocycles. The SMILES string of the molecule is COC(=O)N[C@@H](C)C(=O)N1CCC[C@H]1c1ncc(-c2ccc(-c3ccc(-c4cnc([C@@H]5C[C@H](SC)CN5C(=O)[C@@H](NC(=O)OC)C(C)OC)[nH]4)cc3F)cc2)[nH]1. The Morgan fingerprint density at radius 1 is 0.839 bits per heavy atom. The summed E-state index contributed by atoms with van der Waals surface area (Å²) >= 11 is 1.65. The van der Waals surface area contributed by atoms with Crippen LogP contribution in [0, 0.1) is 5.82 Å². The van der Waals surface area contributed by atoms with E-state index in [0.717, 1.165) is 24.1 Å². The molecule has 0 aliphatic carbocycles. The first kappa shape index (κ1) is 40.2. The number of rotatable bonds is 12. The van der Waals surface area contributed by atoms with E-state index < -0.39 is 42.2 Å². The van der Waals surface area contributed by atoms with Crippen LogP contribution in [0.15, 0.2) is 54.9 Å². The fourth-order valence-corrected chi connectivity index (χ4v) is 7.95. The average Bonchev–Trinajstić information content (AvgIpc) is 4.05. The molecule has 2 aromatic heterocycles. The number of halogens is 1. The zero-order valence-corrected chi connectivity index (χ0v) is 32.9. The summed E-state index contributed by atoms with van der Waals surface area (Å²) in [6.07, 6.45) is 5.52. The first-order valence-electron chi connectivity index (χ1n) is 18.3. The zero-order chi connectivity index (χ0) is 40.1. The molecule has 17 heteroatoms. The number of thioether (sulfide) groups is 1. The number of hydrogen-bond donors (Lipinski definition) is 4. The summed E-state index contributed by atoms with van der Waals surface area (Å²) < 4.78 is 30.5. The van der Waals surface area contributed by atoms with E-state index in [-0.39, 0.29) is 23.1 Å². The van der Waals surface area contributed by atoms with Gasteiger partial charge in [0.25, 0.3) is 0 Å². The van der Waals surface area contributed by atoms with E-state index in [1.807, 2.05) is 36.6 Å². The molecule has 4 N–H and O–H groups in total. The Bertz CT molecular complexity index is 2040. The molecule has 2 aliphatic rings. The Hall–Kier alpha value is -5.42. The number of aromatic amines is 2. The van der Waals surface area contributed by atoms with Crippen molar-refractivity contribution in [3.05, 3.63) is 72.3 Å². The van der Waals surface area contributed by atoms with Gasteiger partial charge < -0.3 is 44.6 Å². The van der Waals surface area contributed by atoms with Crippen molar-refractivity contribution in [2.45, 2.75) is 68.6 Å². The third kappa shape index (κ3) is 8.53. The van der Waals surface area contributed by atoms with Crippen molar-refractivity contribution in [1.82, 2.24) is 40.4 Å². The molecule has 0 bridgehead atoms. The lowest BCUT2D eigenvalue weighted by Gasteiger charge is -2.30. The minimum Gasteiger partial charge on any atom is -0.453 e. The molecule has 298 valence electrons. The lowest BCUT2D eigenvalue weighted by molar-refractivity contribution is -0.137. The summed E-state index contributed by atoms with van der Waals surface area (Å²) in [5.74, 6) is 0.275. The van der Waals surface area contributed by atoms with Gasteiger partial charge in [-0.15, -0.1) is 0 Å². The van der Waals surface area contributed by atoms with Gasteiger partial charge >= 0.3 is 12.2 Å². The molecule has 56 heavy (non-hydrogen) atoms. The molecule has 6 rings (SSSR count). The number of carbonyl (C=O) groups is 4. The summed E-state index contributed by atoms with van der Waals surface area (Å²) in [5.41, 5.74) is 3.91. The largest absolute Gasteiger partial charge is 0.453 e. The Morgan fingerprint density at radius 3 is 2.07 bits per heavy atom. The lowest BCUT2D eigenvalue weighted by Crippen LogP contribution is -2.54. The number of aromatic nitrogens is 4. The van der Waals surface area contributed by atoms with E-state index >= 15 is 4.39 Å². The number of hydrogen-bond acceptors (Lipinski definition) is 10. The second-order valence-electron chi connectivity index (χ2n) is 13.8. The van der Waals surface area contributed by atoms with Crippen LogP contribution in [0.3, 0.4) is 0 Å². The highest BCUT2D eigenvalue weighted by atomic mass is 32.2. The van der Waals surface area contributed by atoms with Gasteiger partial charge in [0, 0.05) is 36.6 Å². The molecule has 2 saturated heterocycles. The molecule has 6 atom stereocenters. The second kappa shape index (κ2) is 17.6. The summed E-state index contributed by atoms with van der Waals surface area (Å²) in [7, 11) is 3.96. The van der Waals surface area contributed by atoms with Crippen molar-refractivity contribution in [3.63, 3.8) is 0 Å². The summed E-state index contributed by atoms with van der Waals surface area (Å²) in [6.45, 7) is 4.34. The Morgan fingerprint density at radius 2 is 1.45 bits per heavy atom. The maximum atomic E-state index is 15.7. The third-order valence-corrected chi connectivity index (χ3v) is 11.5. The van der Waals surface area contributed by atoms with Crippen molar-refractivity contribution in [1.29, 1.82) is 0 Å². The summed E-state index contributed by atoms with van der Waals surface area (Å²) in [4.78, 5) is 69.9. The van der Waals surface area contributed by atoms with Crippen LogP contribution < -0.4 is 10.6 Å². The van der Waals surface area contributed by atoms with Crippen LogP contribution in [0.25, 0.3) is 33.6 Å². The van der Waals surface area contributed by atoms with Crippen LogP contribution >= 0.6 is 11.8 Å². The number of nitrogens with one attached hydrogen (secondary N) is 4. The normalized spacial score (nSPS) is 19.7. The maximum absolute atomic E-state index is 15.7. The average molecular weight is 791 g/mol. The number of imidazole rings is 2. The fourth-order valence-electron chi connectivity index (χ4n) is 7.26. The molecule has 0 saturated carbocycles. The van der Waals surface area contributed by atoms with Gasteiger partial charge in [0.1, 0.15) is 29.5 Å². The van der Waals surface area contributed by atoms with Gasteiger partial charge in [0.2, 0.25) is 11.8 Å². The standard InChI is InChI=1S/C39H47FN8O7S/c1-21(43-38(51)54-4)36(49)47-15-7-8-31(47)34-41-18-29(44-34)24-11-9-23(10-12-24)27-14-13-25(16-28(27)40)30-19-42-35(45-30)32-17-26(56-6)20-48(32)37(50)33(22(2)53-3)46-39(52)55-5/h9-14,16,18-19,21-22,26,31-33H,7-8,15,17,20H2,1-6H3,(H,41,44)(H,42,45)(H,43,51)(H,46,52)/t21-,22?,26-,31-,32-,33-/m0/s1. The number of H-pyrrole nitrogens is 2. The Balaban J connectivity index is 1.15. The Kier molecular flexibility index (Phi) is 12.6. The van der Waals surface area contributed by atoms with Crippen LogP contribution in [0.4, 0.5) is 14.0 Å². The molecular formula is C39H47FN8O7S. The minimum atomic E-state index is -0.967. The van der Waals surface area contributed by atoms with Gasteiger partial charge in [-0.05, 0) is 56.6 Å². The van der Waals surface area contributed by atoms with E-state index in [1.165, 1.54) is 27.4 Å². The lowest BCUT2D eigenvalue weighted by atomic mass is 10.0. The van der Waals surface area contributed by atoms with Gasteiger partial charge in [0.15, 0.2) is 0 Å². The van der Waals surface area contributed by atoms with Gasteiger partial charge in [-0.2, -0.15) is 11.8 Å². The molecule has 15 nitrogen and oxygen atoms in total. The number of amides is 4. The molecular weight excluding hydrogens is 744 g/mol. The highest BCUT2D eigenvalue weighted by Gasteiger charge is 2.42. The number of alkyl carbamates (subject to hydrolysis) is 2. The number of likely N-dealkylation sites (tertiary alicyclic amines) is 2. The maximum Gasteiger partial charge on any atom is 0.407 e. The number of nitrogens with zero attached hydrogens (tertiary/aromatic N) is 4. The highest BCUT2D eigenvalue weighted by molar-refractivity contribution is 7.99. The second-order valence-corrected chi connectivity index (χ2v) is 15.0. The molecule has 4 amide bonds. The van der Waals surface area contributed by atoms with Gasteiger partial charge in [0.05, 0.1) is 56.2 Å². The van der Waals surface area contributed by atoms with Crippen molar-refractivity contribution in [2.24, 2.45) is 0 Å². The predicted octanol–water partition coefficient (Wildman–Crippen LogP) is 5.45. The molecule has 2 aromatic carbocycles. The van der Waals surface area contributed by atoms with Crippen LogP contribution in [0.2, 0.25) is 0 Å². The number of carbonyl (C=O) groups excluding carboxylic acids is 4. The van der Waals surface area contributed by atoms with Crippen molar-refractivity contribution in [2.75, 3.05) is 40.7 Å². The predicted molar refractivity (Wildman–Crippen MR) is 208 cm³/mol. The van der Waals surface area contributed by atoms with Crippen LogP contribution in [-0.4, -0.2) is 118 Å². The highest BCUT2D eigenvalue weighted by Crippen LogP contribution is 2.38. The van der Waals surface area contributed by atoms with Gasteiger partial charge in [-0.3, -0.25) is 9.59 Å². The van der Waals surface area contributed by atoms with Gasteiger partial charge in [-0.25, -0.2) is 23.9 Å². The molecule has 0 spiro atoms.